The Hall–Kier alpha value is -3.92. The van der Waals surface area contributed by atoms with E-state index in [1.807, 2.05) is 88.5 Å². The second-order valence-corrected chi connectivity index (χ2v) is 6.42. The molecule has 0 rings (SSSR count). The Kier molecular flexibility index (Phi) is 15.7. The van der Waals surface area contributed by atoms with E-state index in [0.717, 1.165) is 28.2 Å². The number of azo groups is 2. The summed E-state index contributed by atoms with van der Waals surface area (Å²) in [4.78, 5) is 0. The van der Waals surface area contributed by atoms with E-state index in [0.29, 0.717) is 5.70 Å². The highest BCUT2D eigenvalue weighted by molar-refractivity contribution is 5.48. The van der Waals surface area contributed by atoms with Crippen LogP contribution < -0.4 is 0 Å². The fourth-order valence-electron chi connectivity index (χ4n) is 1.99. The van der Waals surface area contributed by atoms with Crippen LogP contribution in [0, 0.1) is 0 Å². The molecule has 0 spiro atoms. The third-order valence-corrected chi connectivity index (χ3v) is 3.72. The Morgan fingerprint density at radius 2 is 1.03 bits per heavy atom. The van der Waals surface area contributed by atoms with Crippen LogP contribution in [0.5, 0.6) is 0 Å². The smallest absolute Gasteiger partial charge is 0.0850 e. The van der Waals surface area contributed by atoms with Gasteiger partial charge in [-0.2, -0.15) is 20.5 Å². The van der Waals surface area contributed by atoms with E-state index in [9.17, 15) is 0 Å². The molecule has 166 valence electrons. The van der Waals surface area contributed by atoms with Crippen LogP contribution in [0.1, 0.15) is 27.7 Å². The second-order valence-electron chi connectivity index (χ2n) is 6.42. The zero-order valence-corrected chi connectivity index (χ0v) is 19.7. The summed E-state index contributed by atoms with van der Waals surface area (Å²) in [6.45, 7) is 22.7. The van der Waals surface area contributed by atoms with Crippen molar-refractivity contribution in [2.24, 2.45) is 20.5 Å². The molecule has 0 aliphatic heterocycles. The molecule has 4 nitrogen and oxygen atoms in total. The van der Waals surface area contributed by atoms with Gasteiger partial charge in [0.25, 0.3) is 0 Å². The quantitative estimate of drug-likeness (QED) is 0.208. The van der Waals surface area contributed by atoms with Crippen molar-refractivity contribution < 1.29 is 0 Å². The highest BCUT2D eigenvalue weighted by atomic mass is 15.1. The molecular formula is C28H34N4. The van der Waals surface area contributed by atoms with Crippen molar-refractivity contribution in [1.82, 2.24) is 0 Å². The van der Waals surface area contributed by atoms with E-state index in [1.54, 1.807) is 24.3 Å². The van der Waals surface area contributed by atoms with Gasteiger partial charge in [0.1, 0.15) is 0 Å². The molecule has 0 amide bonds. The predicted molar refractivity (Wildman–Crippen MR) is 140 cm³/mol. The highest BCUT2D eigenvalue weighted by Gasteiger charge is 1.96. The summed E-state index contributed by atoms with van der Waals surface area (Å²) in [5.74, 6) is 0. The van der Waals surface area contributed by atoms with Crippen LogP contribution in [-0.2, 0) is 0 Å². The molecule has 4 heteroatoms. The zero-order chi connectivity index (χ0) is 24.2. The van der Waals surface area contributed by atoms with Gasteiger partial charge in [0, 0.05) is 0 Å². The second kappa shape index (κ2) is 17.9. The molecule has 0 aromatic rings. The molecule has 0 aromatic carbocycles. The summed E-state index contributed by atoms with van der Waals surface area (Å²) in [5.41, 5.74) is 4.79. The zero-order valence-electron chi connectivity index (χ0n) is 19.7. The van der Waals surface area contributed by atoms with Gasteiger partial charge in [-0.25, -0.2) is 0 Å². The predicted octanol–water partition coefficient (Wildman–Crippen LogP) is 9.22. The number of hydrogen-bond donors (Lipinski definition) is 0. The van der Waals surface area contributed by atoms with Crippen LogP contribution in [0.4, 0.5) is 0 Å². The van der Waals surface area contributed by atoms with Crippen LogP contribution >= 0.6 is 0 Å². The molecule has 0 atom stereocenters. The van der Waals surface area contributed by atoms with Crippen molar-refractivity contribution in [1.29, 1.82) is 0 Å². The van der Waals surface area contributed by atoms with Gasteiger partial charge in [-0.3, -0.25) is 0 Å². The molecule has 0 saturated heterocycles. The maximum atomic E-state index is 4.21. The lowest BCUT2D eigenvalue weighted by Gasteiger charge is -2.01. The van der Waals surface area contributed by atoms with E-state index in [-0.39, 0.29) is 0 Å². The first-order valence-electron chi connectivity index (χ1n) is 10.2. The number of rotatable bonds is 13. The molecule has 0 heterocycles. The first-order valence-corrected chi connectivity index (χ1v) is 10.2. The first-order chi connectivity index (χ1) is 15.4. The SMILES string of the molecule is C=C\C=C/C=C(C)/N=N/C(C)=C/C=C(C=C)/C(C=C)=C/C=C(C)/N=N\C(C=C)=C\C=C/C. The fourth-order valence-corrected chi connectivity index (χ4v) is 1.99. The van der Waals surface area contributed by atoms with Crippen molar-refractivity contribution in [2.45, 2.75) is 27.7 Å². The first kappa shape index (κ1) is 28.1. The minimum Gasteiger partial charge on any atom is -0.156 e. The molecule has 0 aromatic heterocycles. The van der Waals surface area contributed by atoms with E-state index < -0.39 is 0 Å². The molecular weight excluding hydrogens is 392 g/mol. The van der Waals surface area contributed by atoms with Gasteiger partial charge in [0.05, 0.1) is 22.8 Å². The Morgan fingerprint density at radius 1 is 0.531 bits per heavy atom. The Labute approximate surface area is 193 Å². The summed E-state index contributed by atoms with van der Waals surface area (Å²) in [7, 11) is 0. The minimum absolute atomic E-state index is 0.687. The minimum atomic E-state index is 0.687. The lowest BCUT2D eigenvalue weighted by molar-refractivity contribution is 1.06. The summed E-state index contributed by atoms with van der Waals surface area (Å²) in [6, 6.07) is 0. The summed E-state index contributed by atoms with van der Waals surface area (Å²) in [6.07, 6.45) is 25.7. The third-order valence-electron chi connectivity index (χ3n) is 3.72. The molecule has 0 saturated carbocycles. The maximum Gasteiger partial charge on any atom is 0.0850 e. The van der Waals surface area contributed by atoms with Crippen molar-refractivity contribution in [2.75, 3.05) is 0 Å². The van der Waals surface area contributed by atoms with E-state index in [1.165, 1.54) is 0 Å². The van der Waals surface area contributed by atoms with Crippen LogP contribution in [-0.4, -0.2) is 0 Å². The largest absolute Gasteiger partial charge is 0.156 e. The van der Waals surface area contributed by atoms with E-state index >= 15 is 0 Å². The Morgan fingerprint density at radius 3 is 1.47 bits per heavy atom. The van der Waals surface area contributed by atoms with Gasteiger partial charge < -0.3 is 0 Å². The van der Waals surface area contributed by atoms with Gasteiger partial charge in [-0.05, 0) is 69.2 Å². The van der Waals surface area contributed by atoms with Crippen LogP contribution in [0.25, 0.3) is 0 Å². The van der Waals surface area contributed by atoms with Crippen molar-refractivity contribution >= 4 is 0 Å². The average Bonchev–Trinajstić information content (AvgIpc) is 2.80. The number of nitrogens with zero attached hydrogens (tertiary/aromatic N) is 4. The molecule has 0 bridgehead atoms. The maximum absolute atomic E-state index is 4.21. The normalized spacial score (nSPS) is 15.4. The Balaban J connectivity index is 5.56. The van der Waals surface area contributed by atoms with Crippen LogP contribution in [0.2, 0.25) is 0 Å². The van der Waals surface area contributed by atoms with Crippen LogP contribution in [0.3, 0.4) is 0 Å². The molecule has 0 N–H and O–H groups in total. The standard InChI is InChI=1S/C28H34N4/c1-9-14-16-17-23(6)29-30-24(7)19-21-26(11-3)27(12-4)22-20-25(8)31-32-28(13-5)18-15-10-2/h9-22H,1,3-5H2,2,6-8H3/b15-10-,16-14-,23-17+,24-19+,25-20+,26-21+,27-22+,28-18+,30-29+,32-31-. The van der Waals surface area contributed by atoms with Gasteiger partial charge in [0.15, 0.2) is 0 Å². The Bertz CT molecular complexity index is 969. The topological polar surface area (TPSA) is 49.4 Å². The van der Waals surface area contributed by atoms with Crippen LogP contribution in [0.15, 0.2) is 166 Å². The molecule has 0 aliphatic rings. The lowest BCUT2D eigenvalue weighted by Crippen LogP contribution is -1.82. The molecule has 0 radical (unpaired) electrons. The summed E-state index contributed by atoms with van der Waals surface area (Å²) in [5, 5.41) is 16.8. The molecule has 32 heavy (non-hydrogen) atoms. The van der Waals surface area contributed by atoms with Gasteiger partial charge >= 0.3 is 0 Å². The summed E-state index contributed by atoms with van der Waals surface area (Å²) < 4.78 is 0. The molecule has 0 unspecified atom stereocenters. The fraction of sp³-hybridized carbons (Fsp3) is 0.143. The van der Waals surface area contributed by atoms with E-state index in [2.05, 4.69) is 46.8 Å². The van der Waals surface area contributed by atoms with Crippen molar-refractivity contribution in [3.63, 3.8) is 0 Å². The van der Waals surface area contributed by atoms with Crippen molar-refractivity contribution in [3.8, 4) is 0 Å². The lowest BCUT2D eigenvalue weighted by atomic mass is 10.0. The van der Waals surface area contributed by atoms with Gasteiger partial charge in [-0.1, -0.05) is 81.0 Å². The monoisotopic (exact) mass is 426 g/mol. The average molecular weight is 427 g/mol. The molecule has 0 aliphatic carbocycles. The third kappa shape index (κ3) is 13.3. The van der Waals surface area contributed by atoms with E-state index in [4.69, 9.17) is 0 Å². The highest BCUT2D eigenvalue weighted by Crippen LogP contribution is 2.15. The van der Waals surface area contributed by atoms with Gasteiger partial charge in [0.2, 0.25) is 0 Å². The summed E-state index contributed by atoms with van der Waals surface area (Å²) >= 11 is 0. The van der Waals surface area contributed by atoms with Crippen molar-refractivity contribution in [3.05, 3.63) is 145 Å². The van der Waals surface area contributed by atoms with Gasteiger partial charge in [-0.15, -0.1) is 0 Å². The number of allylic oxidation sites excluding steroid dienone is 19. The molecule has 0 fully saturated rings. The number of hydrogen-bond acceptors (Lipinski definition) is 4.